The van der Waals surface area contributed by atoms with Crippen LogP contribution in [0.3, 0.4) is 0 Å². The highest BCUT2D eigenvalue weighted by atomic mass is 35.5. The molecule has 0 unspecified atom stereocenters. The number of alkyl halides is 2. The van der Waals surface area contributed by atoms with Gasteiger partial charge in [0.1, 0.15) is 10.5 Å². The molecule has 0 atom stereocenters. The van der Waals surface area contributed by atoms with E-state index in [2.05, 4.69) is 9.97 Å². The van der Waals surface area contributed by atoms with Gasteiger partial charge in [0, 0.05) is 0 Å². The van der Waals surface area contributed by atoms with Gasteiger partial charge in [-0.15, -0.1) is 0 Å². The third-order valence-corrected chi connectivity index (χ3v) is 4.45. The maximum Gasteiger partial charge on any atom is 0.276 e. The van der Waals surface area contributed by atoms with Crippen molar-refractivity contribution < 1.29 is 18.3 Å². The number of rotatable bonds is 6. The van der Waals surface area contributed by atoms with Crippen molar-refractivity contribution in [2.24, 2.45) is 5.92 Å². The molecule has 114 valence electrons. The molecule has 0 N–H and O–H groups in total. The Kier molecular flexibility index (Phi) is 4.40. The fraction of sp³-hybridized carbons (Fsp3) is 0.538. The molecule has 0 radical (unpaired) electrons. The molecule has 1 aliphatic rings. The van der Waals surface area contributed by atoms with E-state index in [1.165, 1.54) is 19.3 Å². The Morgan fingerprint density at radius 1 is 1.33 bits per heavy atom. The highest BCUT2D eigenvalue weighted by molar-refractivity contribution is 7.19. The van der Waals surface area contributed by atoms with Crippen LogP contribution in [0, 0.1) is 5.92 Å². The molecule has 1 saturated carbocycles. The Hall–Kier alpha value is -1.21. The van der Waals surface area contributed by atoms with Crippen LogP contribution in [0.25, 0.3) is 10.3 Å². The van der Waals surface area contributed by atoms with Crippen molar-refractivity contribution in [3.63, 3.8) is 0 Å². The van der Waals surface area contributed by atoms with Gasteiger partial charge in [-0.2, -0.15) is 4.98 Å². The number of thiazole rings is 1. The van der Waals surface area contributed by atoms with Crippen molar-refractivity contribution in [1.82, 2.24) is 9.97 Å². The lowest BCUT2D eigenvalue weighted by atomic mass is 9.86. The van der Waals surface area contributed by atoms with E-state index in [0.717, 1.165) is 11.3 Å². The van der Waals surface area contributed by atoms with E-state index in [-0.39, 0.29) is 5.19 Å². The molecule has 0 saturated heterocycles. The molecule has 8 heteroatoms. The zero-order valence-electron chi connectivity index (χ0n) is 11.0. The van der Waals surface area contributed by atoms with Crippen LogP contribution in [0.5, 0.6) is 11.1 Å². The van der Waals surface area contributed by atoms with Crippen LogP contribution in [-0.2, 0) is 0 Å². The van der Waals surface area contributed by atoms with E-state index in [4.69, 9.17) is 21.1 Å². The van der Waals surface area contributed by atoms with Crippen LogP contribution in [0.4, 0.5) is 8.78 Å². The Bertz CT molecular complexity index is 634. The molecule has 2 aromatic rings. The Labute approximate surface area is 129 Å². The summed E-state index contributed by atoms with van der Waals surface area (Å²) < 4.78 is 34.8. The number of halogens is 3. The van der Waals surface area contributed by atoms with Gasteiger partial charge in [0.15, 0.2) is 11.4 Å². The summed E-state index contributed by atoms with van der Waals surface area (Å²) in [6, 6.07) is 1.62. The van der Waals surface area contributed by atoms with Gasteiger partial charge in [0.05, 0.1) is 6.61 Å². The molecule has 0 bridgehead atoms. The Morgan fingerprint density at radius 3 is 2.81 bits per heavy atom. The summed E-state index contributed by atoms with van der Waals surface area (Å²) in [5.41, 5.74) is 0.519. The van der Waals surface area contributed by atoms with Crippen molar-refractivity contribution in [1.29, 1.82) is 0 Å². The number of nitrogens with zero attached hydrogens (tertiary/aromatic N) is 2. The van der Waals surface area contributed by atoms with Crippen LogP contribution >= 0.6 is 22.9 Å². The molecule has 3 rings (SSSR count). The van der Waals surface area contributed by atoms with Gasteiger partial charge in [-0.1, -0.05) is 29.4 Å². The summed E-state index contributed by atoms with van der Waals surface area (Å²) in [5, 5.41) is 0.526. The first-order valence-electron chi connectivity index (χ1n) is 6.62. The second-order valence-electron chi connectivity index (χ2n) is 4.89. The molecular formula is C13H13ClF2N2O2S. The summed E-state index contributed by atoms with van der Waals surface area (Å²) in [6.45, 7) is -0.0790. The minimum atomic E-state index is -2.53. The van der Waals surface area contributed by atoms with Crippen molar-refractivity contribution in [3.8, 4) is 11.1 Å². The zero-order valence-corrected chi connectivity index (χ0v) is 12.6. The molecule has 4 nitrogen and oxygen atoms in total. The summed E-state index contributed by atoms with van der Waals surface area (Å²) in [6.07, 6.45) is 1.06. The van der Waals surface area contributed by atoms with Gasteiger partial charge in [-0.3, -0.25) is 0 Å². The minimum Gasteiger partial charge on any atom is -0.476 e. The fourth-order valence-corrected chi connectivity index (χ4v) is 2.93. The van der Waals surface area contributed by atoms with Crippen molar-refractivity contribution in [3.05, 3.63) is 11.1 Å². The molecule has 1 aliphatic carbocycles. The topological polar surface area (TPSA) is 44.2 Å². The lowest BCUT2D eigenvalue weighted by Crippen LogP contribution is -2.19. The lowest BCUT2D eigenvalue weighted by Gasteiger charge is -2.24. The summed E-state index contributed by atoms with van der Waals surface area (Å²) in [5.74, 6) is 0.935. The SMILES string of the molecule is FC(F)COc1nc2cc(Cl)c(OCC3CCC3)nc2s1. The number of ether oxygens (including phenoxy) is 2. The second kappa shape index (κ2) is 6.27. The fourth-order valence-electron chi connectivity index (χ4n) is 1.96. The quantitative estimate of drug-likeness (QED) is 0.795. The molecule has 0 aliphatic heterocycles. The van der Waals surface area contributed by atoms with E-state index < -0.39 is 13.0 Å². The van der Waals surface area contributed by atoms with Crippen LogP contribution in [0.1, 0.15) is 19.3 Å². The molecular weight excluding hydrogens is 322 g/mol. The molecule has 0 aromatic carbocycles. The van der Waals surface area contributed by atoms with Crippen molar-refractivity contribution in [2.45, 2.75) is 25.7 Å². The first-order valence-corrected chi connectivity index (χ1v) is 7.82. The molecule has 1 fully saturated rings. The number of aromatic nitrogens is 2. The van der Waals surface area contributed by atoms with Crippen LogP contribution in [0.15, 0.2) is 6.07 Å². The summed E-state index contributed by atoms with van der Waals surface area (Å²) in [4.78, 5) is 8.92. The maximum atomic E-state index is 12.1. The molecule has 21 heavy (non-hydrogen) atoms. The predicted octanol–water partition coefficient (Wildman–Crippen LogP) is 4.17. The summed E-state index contributed by atoms with van der Waals surface area (Å²) >= 11 is 7.20. The average molecular weight is 335 g/mol. The first-order chi connectivity index (χ1) is 10.1. The van der Waals surface area contributed by atoms with E-state index in [1.54, 1.807) is 6.07 Å². The van der Waals surface area contributed by atoms with Gasteiger partial charge in [-0.25, -0.2) is 13.8 Å². The second-order valence-corrected chi connectivity index (χ2v) is 6.24. The van der Waals surface area contributed by atoms with Crippen molar-refractivity contribution >= 4 is 33.3 Å². The Balaban J connectivity index is 1.73. The van der Waals surface area contributed by atoms with Crippen LogP contribution in [-0.4, -0.2) is 29.6 Å². The highest BCUT2D eigenvalue weighted by Gasteiger charge is 2.19. The molecule has 0 amide bonds. The van der Waals surface area contributed by atoms with Crippen LogP contribution in [0.2, 0.25) is 5.02 Å². The predicted molar refractivity (Wildman–Crippen MR) is 76.8 cm³/mol. The number of hydrogen-bond donors (Lipinski definition) is 0. The minimum absolute atomic E-state index is 0.157. The zero-order chi connectivity index (χ0) is 14.8. The summed E-state index contributed by atoms with van der Waals surface area (Å²) in [7, 11) is 0. The third-order valence-electron chi connectivity index (χ3n) is 3.30. The number of pyridine rings is 1. The van der Waals surface area contributed by atoms with Gasteiger partial charge in [0.2, 0.25) is 5.88 Å². The van der Waals surface area contributed by atoms with Gasteiger partial charge in [0.25, 0.3) is 11.6 Å². The number of hydrogen-bond acceptors (Lipinski definition) is 5. The molecule has 2 aromatic heterocycles. The van der Waals surface area contributed by atoms with E-state index >= 15 is 0 Å². The van der Waals surface area contributed by atoms with E-state index in [9.17, 15) is 8.78 Å². The number of fused-ring (bicyclic) bond motifs is 1. The first kappa shape index (κ1) is 14.7. The average Bonchev–Trinajstić information content (AvgIpc) is 2.76. The van der Waals surface area contributed by atoms with Gasteiger partial charge in [-0.05, 0) is 24.8 Å². The van der Waals surface area contributed by atoms with Gasteiger partial charge < -0.3 is 9.47 Å². The normalized spacial score (nSPS) is 15.4. The van der Waals surface area contributed by atoms with Crippen LogP contribution < -0.4 is 9.47 Å². The molecule has 0 spiro atoms. The standard InChI is InChI=1S/C13H13ClF2N2O2S/c14-8-4-9-12(21-13(17-9)20-6-10(15)16)18-11(8)19-5-7-2-1-3-7/h4,7,10H,1-3,5-6H2. The monoisotopic (exact) mass is 334 g/mol. The smallest absolute Gasteiger partial charge is 0.276 e. The lowest BCUT2D eigenvalue weighted by molar-refractivity contribution is 0.0818. The molecule has 2 heterocycles. The maximum absolute atomic E-state index is 12.1. The highest BCUT2D eigenvalue weighted by Crippen LogP contribution is 2.34. The third kappa shape index (κ3) is 3.52. The largest absolute Gasteiger partial charge is 0.476 e. The Morgan fingerprint density at radius 2 is 2.14 bits per heavy atom. The van der Waals surface area contributed by atoms with E-state index in [0.29, 0.717) is 33.8 Å². The van der Waals surface area contributed by atoms with Crippen molar-refractivity contribution in [2.75, 3.05) is 13.2 Å². The van der Waals surface area contributed by atoms with Gasteiger partial charge >= 0.3 is 0 Å². The van der Waals surface area contributed by atoms with E-state index in [1.807, 2.05) is 0 Å².